The molecule has 0 saturated carbocycles. The summed E-state index contributed by atoms with van der Waals surface area (Å²) in [5.41, 5.74) is 3.62. The second kappa shape index (κ2) is 14.8. The van der Waals surface area contributed by atoms with Crippen LogP contribution in [-0.2, 0) is 25.6 Å². The zero-order chi connectivity index (χ0) is 30.9. The molecule has 4 aromatic rings. The number of tetrazole rings is 1. The number of aromatic hydroxyl groups is 1. The Bertz CT molecular complexity index is 1550. The first-order valence-electron chi connectivity index (χ1n) is 13.9. The van der Waals surface area contributed by atoms with Crippen molar-refractivity contribution in [1.82, 2.24) is 25.5 Å². The number of amides is 2. The van der Waals surface area contributed by atoms with Gasteiger partial charge in [-0.2, -0.15) is 4.68 Å². The molecular formula is C30H32N6O7S. The molecule has 3 atom stereocenters. The quantitative estimate of drug-likeness (QED) is 0.142. The van der Waals surface area contributed by atoms with Crippen LogP contribution in [0.1, 0.15) is 42.4 Å². The van der Waals surface area contributed by atoms with Crippen LogP contribution in [0.3, 0.4) is 0 Å². The molecule has 2 heterocycles. The van der Waals surface area contributed by atoms with E-state index in [1.165, 1.54) is 11.8 Å². The molecule has 1 saturated heterocycles. The molecule has 1 fully saturated rings. The Balaban J connectivity index is 1.31. The molecule has 0 radical (unpaired) electrons. The molecule has 2 amide bonds. The molecule has 0 aliphatic carbocycles. The van der Waals surface area contributed by atoms with Crippen LogP contribution >= 0.6 is 11.8 Å². The van der Waals surface area contributed by atoms with Gasteiger partial charge in [0.2, 0.25) is 5.16 Å². The van der Waals surface area contributed by atoms with Gasteiger partial charge in [-0.15, -0.1) is 5.10 Å². The van der Waals surface area contributed by atoms with Gasteiger partial charge in [0.25, 0.3) is 0 Å². The third kappa shape index (κ3) is 8.11. The van der Waals surface area contributed by atoms with E-state index in [4.69, 9.17) is 14.2 Å². The molecule has 13 nitrogen and oxygen atoms in total. The van der Waals surface area contributed by atoms with Crippen molar-refractivity contribution in [2.24, 2.45) is 0 Å². The van der Waals surface area contributed by atoms with Crippen molar-refractivity contribution in [2.75, 3.05) is 24.2 Å². The van der Waals surface area contributed by atoms with Gasteiger partial charge in [-0.3, -0.25) is 4.79 Å². The van der Waals surface area contributed by atoms with E-state index in [0.29, 0.717) is 34.3 Å². The summed E-state index contributed by atoms with van der Waals surface area (Å²) in [5.74, 6) is 0.129. The number of carbonyl (C=O) groups excluding carboxylic acids is 2. The highest BCUT2D eigenvalue weighted by molar-refractivity contribution is 7.99. The molecule has 5 rings (SSSR count). The van der Waals surface area contributed by atoms with Crippen molar-refractivity contribution >= 4 is 29.4 Å². The van der Waals surface area contributed by atoms with Crippen molar-refractivity contribution in [1.29, 1.82) is 0 Å². The number of phenolic OH excluding ortho intramolecular Hbond substituents is 1. The van der Waals surface area contributed by atoms with Crippen molar-refractivity contribution in [3.8, 4) is 11.4 Å². The van der Waals surface area contributed by atoms with Gasteiger partial charge in [-0.1, -0.05) is 48.2 Å². The predicted molar refractivity (Wildman–Crippen MR) is 160 cm³/mol. The first kappa shape index (κ1) is 30.9. The van der Waals surface area contributed by atoms with E-state index in [-0.39, 0.29) is 37.7 Å². The Labute approximate surface area is 257 Å². The fourth-order valence-corrected chi connectivity index (χ4v) is 5.43. The van der Waals surface area contributed by atoms with Crippen LogP contribution in [0.15, 0.2) is 78.0 Å². The van der Waals surface area contributed by atoms with Gasteiger partial charge in [0.05, 0.1) is 31.1 Å². The topological polar surface area (TPSA) is 170 Å². The lowest BCUT2D eigenvalue weighted by molar-refractivity contribution is -0.245. The number of hydrogen-bond donors (Lipinski definition) is 4. The molecule has 4 N–H and O–H groups in total. The zero-order valence-electron chi connectivity index (χ0n) is 23.8. The van der Waals surface area contributed by atoms with E-state index in [1.807, 2.05) is 30.3 Å². The lowest BCUT2D eigenvalue weighted by Crippen LogP contribution is -2.34. The highest BCUT2D eigenvalue weighted by Gasteiger charge is 2.33. The first-order chi connectivity index (χ1) is 21.4. The minimum absolute atomic E-state index is 0.0558. The monoisotopic (exact) mass is 620 g/mol. The molecule has 1 aliphatic rings. The number of carbonyl (C=O) groups is 2. The number of urea groups is 1. The molecule has 1 aliphatic heterocycles. The van der Waals surface area contributed by atoms with E-state index >= 15 is 0 Å². The highest BCUT2D eigenvalue weighted by Crippen LogP contribution is 2.40. The highest BCUT2D eigenvalue weighted by atomic mass is 32.2. The number of benzene rings is 3. The SMILES string of the molecule is CCOC(=O)CNC(=O)Nc1cccc(C2OC(CSc3nnnn3-c3ccc(O)cc3)CC(c3ccc(CO)cc3)O2)c1. The molecule has 0 spiro atoms. The van der Waals surface area contributed by atoms with Crippen LogP contribution < -0.4 is 10.6 Å². The first-order valence-corrected chi connectivity index (χ1v) is 14.9. The number of phenols is 1. The second-order valence-corrected chi connectivity index (χ2v) is 10.8. The van der Waals surface area contributed by atoms with Crippen molar-refractivity contribution in [2.45, 2.75) is 43.6 Å². The van der Waals surface area contributed by atoms with E-state index < -0.39 is 18.3 Å². The molecule has 44 heavy (non-hydrogen) atoms. The lowest BCUT2D eigenvalue weighted by atomic mass is 10.0. The Hall–Kier alpha value is -4.50. The fraction of sp³-hybridized carbons (Fsp3) is 0.300. The summed E-state index contributed by atoms with van der Waals surface area (Å²) >= 11 is 1.43. The van der Waals surface area contributed by atoms with Crippen LogP contribution in [-0.4, -0.2) is 67.4 Å². The standard InChI is InChI=1S/C30H32N6O7S/c1-2-41-27(39)16-31-29(40)32-22-5-3-4-21(14-22)28-42-25(15-26(43-28)20-8-6-19(17-37)7-9-20)18-44-30-33-34-35-36(30)23-10-12-24(38)13-11-23/h3-14,25-26,28,37-38H,2,15-18H2,1H3,(H2,31,32,40). The number of hydrogen-bond acceptors (Lipinski definition) is 11. The van der Waals surface area contributed by atoms with Crippen LogP contribution in [0.4, 0.5) is 10.5 Å². The van der Waals surface area contributed by atoms with Gasteiger partial charge in [0.15, 0.2) is 6.29 Å². The fourth-order valence-electron chi connectivity index (χ4n) is 4.52. The third-order valence-electron chi connectivity index (χ3n) is 6.66. The maximum atomic E-state index is 12.4. The predicted octanol–water partition coefficient (Wildman–Crippen LogP) is 3.88. The Morgan fingerprint density at radius 3 is 2.61 bits per heavy atom. The van der Waals surface area contributed by atoms with E-state index in [0.717, 1.165) is 11.1 Å². The number of aliphatic hydroxyl groups is 1. The summed E-state index contributed by atoms with van der Waals surface area (Å²) in [6.45, 7) is 1.62. The summed E-state index contributed by atoms with van der Waals surface area (Å²) in [7, 11) is 0. The van der Waals surface area contributed by atoms with Crippen molar-refractivity contribution in [3.05, 3.63) is 89.5 Å². The summed E-state index contributed by atoms with van der Waals surface area (Å²) < 4.78 is 19.3. The smallest absolute Gasteiger partial charge is 0.325 e. The summed E-state index contributed by atoms with van der Waals surface area (Å²) in [5, 5.41) is 36.9. The van der Waals surface area contributed by atoms with Crippen LogP contribution in [0.2, 0.25) is 0 Å². The number of aliphatic hydroxyl groups excluding tert-OH is 1. The van der Waals surface area contributed by atoms with Gasteiger partial charge in [-0.05, 0) is 64.9 Å². The summed E-state index contributed by atoms with van der Waals surface area (Å²) in [6.07, 6.45) is -0.786. The maximum absolute atomic E-state index is 12.4. The summed E-state index contributed by atoms with van der Waals surface area (Å²) in [6, 6.07) is 20.7. The van der Waals surface area contributed by atoms with Crippen LogP contribution in [0.5, 0.6) is 5.75 Å². The minimum atomic E-state index is -0.755. The Kier molecular flexibility index (Phi) is 10.4. The van der Waals surface area contributed by atoms with Crippen LogP contribution in [0.25, 0.3) is 5.69 Å². The average molecular weight is 621 g/mol. The zero-order valence-corrected chi connectivity index (χ0v) is 24.6. The molecule has 1 aromatic heterocycles. The number of esters is 1. The van der Waals surface area contributed by atoms with Crippen molar-refractivity contribution < 1.29 is 34.0 Å². The molecule has 0 bridgehead atoms. The van der Waals surface area contributed by atoms with E-state index in [2.05, 4.69) is 26.2 Å². The van der Waals surface area contributed by atoms with Crippen molar-refractivity contribution in [3.63, 3.8) is 0 Å². The second-order valence-electron chi connectivity index (χ2n) is 9.79. The molecule has 3 unspecified atom stereocenters. The number of nitrogens with one attached hydrogen (secondary N) is 2. The van der Waals surface area contributed by atoms with Gasteiger partial charge < -0.3 is 35.1 Å². The third-order valence-corrected chi connectivity index (χ3v) is 7.71. The number of thioether (sulfide) groups is 1. The number of anilines is 1. The van der Waals surface area contributed by atoms with E-state index in [1.54, 1.807) is 54.1 Å². The molecule has 3 aromatic carbocycles. The summed E-state index contributed by atoms with van der Waals surface area (Å²) in [4.78, 5) is 23.9. The van der Waals surface area contributed by atoms with Gasteiger partial charge in [0.1, 0.15) is 12.3 Å². The van der Waals surface area contributed by atoms with Crippen LogP contribution in [0, 0.1) is 0 Å². The average Bonchev–Trinajstić information content (AvgIpc) is 3.52. The normalized spacial score (nSPS) is 18.0. The van der Waals surface area contributed by atoms with E-state index in [9.17, 15) is 19.8 Å². The minimum Gasteiger partial charge on any atom is -0.508 e. The number of ether oxygens (including phenoxy) is 3. The van der Waals surface area contributed by atoms with Gasteiger partial charge >= 0.3 is 12.0 Å². The molecule has 230 valence electrons. The molecule has 14 heteroatoms. The number of aromatic nitrogens is 4. The molecular weight excluding hydrogens is 588 g/mol. The Morgan fingerprint density at radius 1 is 1.07 bits per heavy atom. The number of nitrogens with zero attached hydrogens (tertiary/aromatic N) is 4. The largest absolute Gasteiger partial charge is 0.508 e. The Morgan fingerprint density at radius 2 is 1.86 bits per heavy atom. The van der Waals surface area contributed by atoms with Gasteiger partial charge in [-0.25, -0.2) is 4.79 Å². The number of rotatable bonds is 11. The van der Waals surface area contributed by atoms with Gasteiger partial charge in [0, 0.05) is 23.4 Å². The lowest BCUT2D eigenvalue weighted by Gasteiger charge is -2.36. The maximum Gasteiger partial charge on any atom is 0.325 e.